The van der Waals surface area contributed by atoms with E-state index in [9.17, 15) is 4.79 Å². The van der Waals surface area contributed by atoms with E-state index < -0.39 is 0 Å². The molecule has 1 aromatic carbocycles. The van der Waals surface area contributed by atoms with Crippen LogP contribution >= 0.6 is 11.3 Å². The number of carbonyl (C=O) groups excluding carboxylic acids is 1. The van der Waals surface area contributed by atoms with Gasteiger partial charge in [-0.25, -0.2) is 0 Å². The minimum atomic E-state index is 0.0675. The fourth-order valence-electron chi connectivity index (χ4n) is 3.31. The summed E-state index contributed by atoms with van der Waals surface area (Å²) in [4.78, 5) is 18.2. The molecule has 2 aliphatic rings. The third-order valence-corrected chi connectivity index (χ3v) is 5.69. The van der Waals surface area contributed by atoms with Gasteiger partial charge < -0.3 is 14.4 Å². The van der Waals surface area contributed by atoms with Crippen LogP contribution in [-0.2, 0) is 11.3 Å². The number of carbonyl (C=O) groups is 1. The predicted octanol–water partition coefficient (Wildman–Crippen LogP) is 3.27. The van der Waals surface area contributed by atoms with E-state index in [1.807, 2.05) is 29.2 Å². The molecule has 0 aliphatic carbocycles. The van der Waals surface area contributed by atoms with Crippen LogP contribution in [0.2, 0.25) is 0 Å². The monoisotopic (exact) mass is 384 g/mol. The number of amides is 1. The molecule has 4 rings (SSSR count). The van der Waals surface area contributed by atoms with Crippen molar-refractivity contribution in [2.24, 2.45) is 0 Å². The number of hydrogen-bond donors (Lipinski definition) is 0. The lowest BCUT2D eigenvalue weighted by Crippen LogP contribution is -2.47. The molecule has 0 saturated carbocycles. The zero-order valence-electron chi connectivity index (χ0n) is 15.3. The summed E-state index contributed by atoms with van der Waals surface area (Å²) in [5, 5.41) is 2.11. The molecule has 0 unspecified atom stereocenters. The Morgan fingerprint density at radius 1 is 1.07 bits per heavy atom. The minimum Gasteiger partial charge on any atom is -0.490 e. The summed E-state index contributed by atoms with van der Waals surface area (Å²) in [6, 6.07) is 10.1. The highest BCUT2D eigenvalue weighted by atomic mass is 32.1. The van der Waals surface area contributed by atoms with E-state index in [0.29, 0.717) is 13.2 Å². The zero-order chi connectivity index (χ0) is 18.5. The van der Waals surface area contributed by atoms with E-state index in [2.05, 4.69) is 22.4 Å². The molecule has 1 saturated heterocycles. The van der Waals surface area contributed by atoms with Gasteiger partial charge in [-0.2, -0.15) is 0 Å². The minimum absolute atomic E-state index is 0.0675. The van der Waals surface area contributed by atoms with Crippen LogP contribution in [0.1, 0.15) is 16.9 Å². The van der Waals surface area contributed by atoms with Crippen molar-refractivity contribution >= 4 is 23.3 Å². The van der Waals surface area contributed by atoms with E-state index in [1.54, 1.807) is 17.4 Å². The largest absolute Gasteiger partial charge is 0.490 e. The number of rotatable bonds is 4. The molecule has 1 fully saturated rings. The van der Waals surface area contributed by atoms with Gasteiger partial charge in [0.15, 0.2) is 11.5 Å². The molecule has 142 valence electrons. The normalized spacial score (nSPS) is 17.9. The lowest BCUT2D eigenvalue weighted by atomic mass is 10.2. The van der Waals surface area contributed by atoms with Crippen LogP contribution in [0.25, 0.3) is 6.08 Å². The van der Waals surface area contributed by atoms with Crippen LogP contribution in [0.5, 0.6) is 11.5 Å². The van der Waals surface area contributed by atoms with E-state index in [1.165, 1.54) is 4.88 Å². The molecule has 2 aromatic rings. The third kappa shape index (κ3) is 4.70. The molecule has 1 aromatic heterocycles. The summed E-state index contributed by atoms with van der Waals surface area (Å²) in [6.07, 6.45) is 4.40. The first-order chi connectivity index (χ1) is 13.3. The van der Waals surface area contributed by atoms with Crippen LogP contribution in [0.4, 0.5) is 0 Å². The van der Waals surface area contributed by atoms with Crippen molar-refractivity contribution in [3.63, 3.8) is 0 Å². The maximum atomic E-state index is 12.5. The molecule has 0 spiro atoms. The van der Waals surface area contributed by atoms with Crippen molar-refractivity contribution in [1.29, 1.82) is 0 Å². The number of fused-ring (bicyclic) bond motifs is 1. The lowest BCUT2D eigenvalue weighted by molar-refractivity contribution is -0.127. The number of hydrogen-bond acceptors (Lipinski definition) is 5. The second kappa shape index (κ2) is 8.59. The van der Waals surface area contributed by atoms with E-state index in [-0.39, 0.29) is 5.91 Å². The Morgan fingerprint density at radius 2 is 1.89 bits per heavy atom. The Morgan fingerprint density at radius 3 is 2.67 bits per heavy atom. The molecule has 27 heavy (non-hydrogen) atoms. The number of benzene rings is 1. The highest BCUT2D eigenvalue weighted by molar-refractivity contribution is 7.09. The van der Waals surface area contributed by atoms with Crippen molar-refractivity contribution in [2.75, 3.05) is 39.4 Å². The average molecular weight is 385 g/mol. The van der Waals surface area contributed by atoms with Crippen LogP contribution in [0, 0.1) is 0 Å². The Labute approximate surface area is 163 Å². The Balaban J connectivity index is 1.31. The molecule has 0 N–H and O–H groups in total. The van der Waals surface area contributed by atoms with Crippen LogP contribution < -0.4 is 9.47 Å². The Kier molecular flexibility index (Phi) is 5.75. The highest BCUT2D eigenvalue weighted by Gasteiger charge is 2.19. The van der Waals surface area contributed by atoms with Crippen molar-refractivity contribution in [1.82, 2.24) is 9.80 Å². The molecular weight excluding hydrogens is 360 g/mol. The number of nitrogens with zero attached hydrogens (tertiary/aromatic N) is 2. The van der Waals surface area contributed by atoms with Crippen molar-refractivity contribution in [3.8, 4) is 11.5 Å². The molecule has 0 bridgehead atoms. The van der Waals surface area contributed by atoms with Crippen LogP contribution in [-0.4, -0.2) is 55.1 Å². The zero-order valence-corrected chi connectivity index (χ0v) is 16.1. The molecule has 5 nitrogen and oxygen atoms in total. The average Bonchev–Trinajstić information content (AvgIpc) is 3.09. The molecular formula is C21H24N2O3S. The van der Waals surface area contributed by atoms with Crippen molar-refractivity contribution in [2.45, 2.75) is 13.0 Å². The smallest absolute Gasteiger partial charge is 0.246 e. The summed E-state index contributed by atoms with van der Waals surface area (Å²) < 4.78 is 11.4. The molecule has 0 radical (unpaired) electrons. The first-order valence-corrected chi connectivity index (χ1v) is 10.3. The van der Waals surface area contributed by atoms with Gasteiger partial charge in [0, 0.05) is 50.1 Å². The molecule has 1 amide bonds. The van der Waals surface area contributed by atoms with Gasteiger partial charge in [0.1, 0.15) is 0 Å². The SMILES string of the molecule is O=C(/C=C/c1ccc2c(c1)OCCCO2)N1CCN(Cc2cccs2)CC1. The van der Waals surface area contributed by atoms with Gasteiger partial charge in [-0.15, -0.1) is 11.3 Å². The topological polar surface area (TPSA) is 42.0 Å². The predicted molar refractivity (Wildman–Crippen MR) is 107 cm³/mol. The molecule has 2 aliphatic heterocycles. The molecule has 3 heterocycles. The van der Waals surface area contributed by atoms with Gasteiger partial charge in [-0.05, 0) is 35.2 Å². The van der Waals surface area contributed by atoms with Gasteiger partial charge in [0.25, 0.3) is 0 Å². The first kappa shape index (κ1) is 18.1. The van der Waals surface area contributed by atoms with Gasteiger partial charge in [0.05, 0.1) is 13.2 Å². The lowest BCUT2D eigenvalue weighted by Gasteiger charge is -2.34. The van der Waals surface area contributed by atoms with E-state index >= 15 is 0 Å². The summed E-state index contributed by atoms with van der Waals surface area (Å²) in [7, 11) is 0. The summed E-state index contributed by atoms with van der Waals surface area (Å²) >= 11 is 1.79. The van der Waals surface area contributed by atoms with Gasteiger partial charge in [0.2, 0.25) is 5.91 Å². The van der Waals surface area contributed by atoms with Gasteiger partial charge in [-0.1, -0.05) is 12.1 Å². The number of piperazine rings is 1. The first-order valence-electron chi connectivity index (χ1n) is 9.39. The summed E-state index contributed by atoms with van der Waals surface area (Å²) in [5.41, 5.74) is 0.948. The second-order valence-corrected chi connectivity index (χ2v) is 7.80. The van der Waals surface area contributed by atoms with Gasteiger partial charge in [-0.3, -0.25) is 9.69 Å². The summed E-state index contributed by atoms with van der Waals surface area (Å²) in [5.74, 6) is 1.60. The second-order valence-electron chi connectivity index (χ2n) is 6.77. The van der Waals surface area contributed by atoms with E-state index in [0.717, 1.165) is 56.2 Å². The Hall–Kier alpha value is -2.31. The van der Waals surface area contributed by atoms with Crippen molar-refractivity contribution < 1.29 is 14.3 Å². The number of thiophene rings is 1. The summed E-state index contributed by atoms with van der Waals surface area (Å²) in [6.45, 7) is 5.70. The standard InChI is InChI=1S/C21H24N2O3S/c24-21(23-10-8-22(9-11-23)16-18-3-1-14-27-18)7-5-17-4-6-19-20(15-17)26-13-2-12-25-19/h1,3-7,14-15H,2,8-13,16H2/b7-5+. The van der Waals surface area contributed by atoms with Crippen LogP contribution in [0.15, 0.2) is 41.8 Å². The van der Waals surface area contributed by atoms with E-state index in [4.69, 9.17) is 9.47 Å². The maximum Gasteiger partial charge on any atom is 0.246 e. The van der Waals surface area contributed by atoms with Gasteiger partial charge >= 0.3 is 0 Å². The fraction of sp³-hybridized carbons (Fsp3) is 0.381. The number of ether oxygens (including phenoxy) is 2. The Bertz CT molecular complexity index is 796. The third-order valence-electron chi connectivity index (χ3n) is 4.83. The van der Waals surface area contributed by atoms with Crippen LogP contribution in [0.3, 0.4) is 0 Å². The highest BCUT2D eigenvalue weighted by Crippen LogP contribution is 2.30. The molecule has 0 atom stereocenters. The maximum absolute atomic E-state index is 12.5. The quantitative estimate of drug-likeness (QED) is 0.759. The van der Waals surface area contributed by atoms with Crippen molar-refractivity contribution in [3.05, 3.63) is 52.2 Å². The fourth-order valence-corrected chi connectivity index (χ4v) is 4.05. The molecule has 6 heteroatoms.